The maximum absolute atomic E-state index is 8.03. The van der Waals surface area contributed by atoms with Gasteiger partial charge in [-0.2, -0.15) is 9.13 Å². The third kappa shape index (κ3) is 9.14. The van der Waals surface area contributed by atoms with Crippen molar-refractivity contribution in [3.63, 3.8) is 0 Å². The molecular formula is C88H68N23OS+5. The quantitative estimate of drug-likeness (QED) is 0.149. The van der Waals surface area contributed by atoms with Gasteiger partial charge in [-0.25, -0.2) is 27.4 Å². The van der Waals surface area contributed by atoms with Crippen LogP contribution in [0.25, 0.3) is 177 Å². The maximum atomic E-state index is 8.03. The highest BCUT2D eigenvalue weighted by atomic mass is 32.1. The number of benzene rings is 2. The number of para-hydroxylation sites is 2. The van der Waals surface area contributed by atoms with Crippen molar-refractivity contribution in [3.05, 3.63) is 273 Å². The molecular weight excluding hydrogens is 1430 g/mol. The molecule has 0 aliphatic carbocycles. The Bertz CT molecular complexity index is 7900. The summed E-state index contributed by atoms with van der Waals surface area (Å²) in [6.07, 6.45) is 37.4. The summed E-state index contributed by atoms with van der Waals surface area (Å²) >= 11 is 1.83. The number of hydrogen-bond donors (Lipinski definition) is 0. The highest BCUT2D eigenvalue weighted by Gasteiger charge is 2.42. The average molecular weight is 1500 g/mol. The van der Waals surface area contributed by atoms with Gasteiger partial charge in [-0.3, -0.25) is 72.7 Å². The van der Waals surface area contributed by atoms with Gasteiger partial charge in [-0.05, 0) is 78.9 Å². The van der Waals surface area contributed by atoms with Gasteiger partial charge < -0.3 is 4.42 Å². The predicted octanol–water partition coefficient (Wildman–Crippen LogP) is 12.8. The summed E-state index contributed by atoms with van der Waals surface area (Å²) in [6.45, 7) is 1.75. The third-order valence-electron chi connectivity index (χ3n) is 23.2. The number of aryl methyl sites for hydroxylation is 6. The van der Waals surface area contributed by atoms with E-state index in [4.69, 9.17) is 8.53 Å². The summed E-state index contributed by atoms with van der Waals surface area (Å²) in [7, 11) is 10.5. The van der Waals surface area contributed by atoms with Gasteiger partial charge in [0.2, 0.25) is 33.3 Å². The molecule has 0 fully saturated rings. The summed E-state index contributed by atoms with van der Waals surface area (Å²) in [5, 5.41) is 5.50. The van der Waals surface area contributed by atoms with Crippen LogP contribution in [-0.2, 0) is 74.9 Å². The number of thiophene rings is 1. The van der Waals surface area contributed by atoms with Crippen molar-refractivity contribution in [2.45, 2.75) is 32.7 Å². The Morgan fingerprint density at radius 2 is 0.690 bits per heavy atom. The Labute approximate surface area is 650 Å². The molecule has 0 bridgehead atoms. The second-order valence-corrected chi connectivity index (χ2v) is 30.2. The zero-order chi connectivity index (χ0) is 77.7. The van der Waals surface area contributed by atoms with E-state index >= 15 is 0 Å². The van der Waals surface area contributed by atoms with Crippen LogP contribution in [-0.4, -0.2) is 86.4 Å². The molecule has 27 rings (SSSR count). The largest absolute Gasteiger partial charge is 0.419 e. The van der Waals surface area contributed by atoms with Crippen LogP contribution in [0, 0.1) is 0 Å². The number of aromatic nitrogens is 23. The topological polar surface area (TPSA) is 201 Å². The van der Waals surface area contributed by atoms with Crippen molar-refractivity contribution < 1.29 is 31.4 Å². The molecule has 0 radical (unpaired) electrons. The predicted molar refractivity (Wildman–Crippen MR) is 432 cm³/mol. The minimum Gasteiger partial charge on any atom is -0.419 e. The summed E-state index contributed by atoms with van der Waals surface area (Å²) in [5.74, 6) is 5.88. The number of pyridine rings is 10. The fraction of sp³-hybridized carbons (Fsp3) is 0.125. The minimum atomic E-state index is -2.27. The number of furan rings is 1. The molecule has 22 aromatic rings. The number of nitrogens with zero attached hydrogens (tertiary/aromatic N) is 23. The molecule has 0 saturated heterocycles. The SMILES string of the molecule is Cn1c2[n+](c3c1c1cnccc1n3-c1ccccc1)Cc1cnccc1-2.Cn1c2[n+](c3c1c1cnccc1n3C)Cc1cnccc1-2.Cn1c2[n+](c3oc4ccncc4c31)Cc1cnccc1-2.[2H]C([2H])([2H])n1c2ccncc2c2c1[n+]1c(n2C)-c2ccncc2C1.c1ccc(-n2c3[n+](c4sc5ccncc5c42)Cc2cnccc2-3)cc1. The Balaban J connectivity index is 0.0000000858. The second kappa shape index (κ2) is 24.5. The lowest BCUT2D eigenvalue weighted by Crippen LogP contribution is -2.33. The van der Waals surface area contributed by atoms with Gasteiger partial charge in [0.15, 0.2) is 16.6 Å². The van der Waals surface area contributed by atoms with Crippen LogP contribution in [0.2, 0.25) is 0 Å². The van der Waals surface area contributed by atoms with E-state index in [0.29, 0.717) is 17.7 Å². The van der Waals surface area contributed by atoms with Crippen molar-refractivity contribution >= 4 is 120 Å². The van der Waals surface area contributed by atoms with E-state index in [9.17, 15) is 0 Å². The minimum absolute atomic E-state index is 0.621. The summed E-state index contributed by atoms with van der Waals surface area (Å²) in [6, 6.07) is 41.4. The highest BCUT2D eigenvalue weighted by molar-refractivity contribution is 7.25. The van der Waals surface area contributed by atoms with Crippen molar-refractivity contribution in [1.82, 2.24) is 86.4 Å². The van der Waals surface area contributed by atoms with Gasteiger partial charge in [-0.15, -0.1) is 0 Å². The van der Waals surface area contributed by atoms with E-state index in [2.05, 4.69) is 236 Å². The number of rotatable bonds is 2. The molecule has 0 spiro atoms. The molecule has 0 atom stereocenters. The zero-order valence-electron chi connectivity index (χ0n) is 64.7. The van der Waals surface area contributed by atoms with Crippen molar-refractivity contribution in [3.8, 4) is 68.3 Å². The molecule has 0 N–H and O–H groups in total. The Kier molecular flexibility index (Phi) is 13.3. The summed E-state index contributed by atoms with van der Waals surface area (Å²) < 4.78 is 60.1. The first-order chi connectivity index (χ1) is 56.9. The van der Waals surface area contributed by atoms with Crippen molar-refractivity contribution in [2.75, 3.05) is 0 Å². The molecule has 0 saturated carbocycles. The Morgan fingerprint density at radius 1 is 0.319 bits per heavy atom. The molecule has 5 aliphatic rings. The Hall–Kier alpha value is -14.6. The van der Waals surface area contributed by atoms with E-state index in [0.717, 1.165) is 81.9 Å². The van der Waals surface area contributed by atoms with Gasteiger partial charge >= 0.3 is 5.71 Å². The monoisotopic (exact) mass is 1500 g/mol. The average Bonchev–Trinajstić information content (AvgIpc) is 1.54. The van der Waals surface area contributed by atoms with Crippen LogP contribution in [0.3, 0.4) is 0 Å². The molecule has 25 heterocycles. The fourth-order valence-electron chi connectivity index (χ4n) is 18.6. The number of hydrogen-bond acceptors (Lipinski definition) is 12. The van der Waals surface area contributed by atoms with Crippen LogP contribution in [0.4, 0.5) is 0 Å². The molecule has 2 aromatic carbocycles. The van der Waals surface area contributed by atoms with E-state index in [1.807, 2.05) is 130 Å². The summed E-state index contributed by atoms with van der Waals surface area (Å²) in [5.41, 5.74) is 28.3. The van der Waals surface area contributed by atoms with Gasteiger partial charge in [0.25, 0.3) is 28.6 Å². The lowest BCUT2D eigenvalue weighted by atomic mass is 10.1. The third-order valence-corrected chi connectivity index (χ3v) is 24.4. The van der Waals surface area contributed by atoms with E-state index in [1.165, 1.54) is 143 Å². The lowest BCUT2D eigenvalue weighted by molar-refractivity contribution is -0.652. The second-order valence-electron chi connectivity index (χ2n) is 29.1. The van der Waals surface area contributed by atoms with Crippen molar-refractivity contribution in [2.24, 2.45) is 42.2 Å². The molecule has 24 nitrogen and oxygen atoms in total. The molecule has 5 aliphatic heterocycles. The van der Waals surface area contributed by atoms with Crippen LogP contribution in [0.5, 0.6) is 0 Å². The first kappa shape index (κ1) is 61.3. The van der Waals surface area contributed by atoms with Gasteiger partial charge in [0.05, 0.1) is 121 Å². The highest BCUT2D eigenvalue weighted by Crippen LogP contribution is 2.43. The smallest absolute Gasteiger partial charge is 0.339 e. The zero-order valence-corrected chi connectivity index (χ0v) is 62.5. The molecule has 25 heteroatoms. The maximum Gasteiger partial charge on any atom is 0.339 e. The molecule has 113 heavy (non-hydrogen) atoms. The number of fused-ring (bicyclic) bond motifs is 35. The molecule has 542 valence electrons. The molecule has 0 amide bonds. The van der Waals surface area contributed by atoms with Crippen LogP contribution in [0.1, 0.15) is 31.9 Å². The van der Waals surface area contributed by atoms with Crippen molar-refractivity contribution in [1.29, 1.82) is 0 Å². The standard InChI is InChI=1S/C21H16N5.C20H13N4S.2C16H14N5.C15H11N4O/c1-24-19-17-12-23-10-8-18(17)26(15-5-3-2-4-6-15)21(19)25-13-14-11-22-9-7-16(14)20(24)25;1-2-4-14(5-3-1)24-18-16-11-22-9-7-17(16)25-20(18)23-12-13-10-21-8-6-15(13)19(23)24;2*1-19-13-4-6-18-8-12(13)14-16(19)21-9-10-7-17-5-3-11(10)15(21)20(14)2;1-18-13-11-7-17-5-3-12(11)20-15(13)19-8-9-6-16-4-2-10(9)14(18)19/h2-12H,13H2,1H3;1-11H,12H2;2*3-8H,9H2,1-2H3;2-7H,8H2,1H3/q5*+1/i;;1D3;;. The van der Waals surface area contributed by atoms with E-state index in [-0.39, 0.29) is 0 Å². The fourth-order valence-corrected chi connectivity index (χ4v) is 19.7. The number of imidazole rings is 5. The molecule has 0 unspecified atom stereocenters. The van der Waals surface area contributed by atoms with Crippen LogP contribution >= 0.6 is 11.3 Å². The van der Waals surface area contributed by atoms with Gasteiger partial charge in [0.1, 0.15) is 46.6 Å². The lowest BCUT2D eigenvalue weighted by Gasteiger charge is -2.03. The van der Waals surface area contributed by atoms with Crippen LogP contribution in [0.15, 0.2) is 250 Å². The van der Waals surface area contributed by atoms with E-state index < -0.39 is 6.98 Å². The van der Waals surface area contributed by atoms with Crippen LogP contribution < -0.4 is 22.8 Å². The van der Waals surface area contributed by atoms with E-state index in [1.54, 1.807) is 30.9 Å². The first-order valence-corrected chi connectivity index (χ1v) is 38.0. The Morgan fingerprint density at radius 3 is 1.21 bits per heavy atom. The summed E-state index contributed by atoms with van der Waals surface area (Å²) in [4.78, 5) is 44.0. The normalized spacial score (nSPS) is 13.4. The van der Waals surface area contributed by atoms with Gasteiger partial charge in [0, 0.05) is 163 Å². The first-order valence-electron chi connectivity index (χ1n) is 38.7. The molecule has 20 aromatic heterocycles. The van der Waals surface area contributed by atoms with Gasteiger partial charge in [-0.1, -0.05) is 47.7 Å².